The maximum Gasteiger partial charge on any atom is 0.271 e. The molecule has 0 aliphatic heterocycles. The molecule has 2 atom stereocenters. The van der Waals surface area contributed by atoms with Crippen LogP contribution < -0.4 is 0 Å². The van der Waals surface area contributed by atoms with Crippen molar-refractivity contribution in [3.63, 3.8) is 0 Å². The van der Waals surface area contributed by atoms with E-state index in [9.17, 15) is 13.0 Å². The molecule has 1 N–H and O–H groups in total. The summed E-state index contributed by atoms with van der Waals surface area (Å²) in [6, 6.07) is 7.84. The number of rotatable bonds is 5. The van der Waals surface area contributed by atoms with E-state index in [1.54, 1.807) is 37.3 Å². The quantitative estimate of drug-likeness (QED) is 0.378. The van der Waals surface area contributed by atoms with Gasteiger partial charge in [-0.25, -0.2) is 0 Å². The lowest BCUT2D eigenvalue weighted by atomic mass is 10.1. The van der Waals surface area contributed by atoms with Crippen LogP contribution in [0.2, 0.25) is 0 Å². The fourth-order valence-electron chi connectivity index (χ4n) is 1.54. The van der Waals surface area contributed by atoms with Crippen LogP contribution in [0.4, 0.5) is 0 Å². The predicted octanol–water partition coefficient (Wildman–Crippen LogP) is 2.70. The molecule has 0 fully saturated rings. The summed E-state index contributed by atoms with van der Waals surface area (Å²) in [6.45, 7) is 1.60. The molecule has 0 saturated heterocycles. The third-order valence-electron chi connectivity index (χ3n) is 2.33. The van der Waals surface area contributed by atoms with Gasteiger partial charge < -0.3 is 0 Å². The Balaban J connectivity index is 3.02. The molecule has 0 heterocycles. The zero-order valence-electron chi connectivity index (χ0n) is 9.26. The molecular weight excluding hydrogens is 242 g/mol. The van der Waals surface area contributed by atoms with E-state index >= 15 is 0 Å². The minimum Gasteiger partial charge on any atom is -0.285 e. The van der Waals surface area contributed by atoms with Gasteiger partial charge in [-0.05, 0) is 17.5 Å². The Morgan fingerprint density at radius 2 is 2.00 bits per heavy atom. The van der Waals surface area contributed by atoms with Crippen molar-refractivity contribution in [1.29, 1.82) is 0 Å². The Morgan fingerprint density at radius 3 is 2.47 bits per heavy atom. The van der Waals surface area contributed by atoms with Crippen LogP contribution in [0.1, 0.15) is 24.2 Å². The standard InChI is InChI=1S/C10H13N3O3S/c1-8(12-13-11)7-10(17(14,15)16)9-5-3-2-4-6-9/h2-6,8,10H,7H2,1H3,(H,14,15,16)/t8-,10+/m0/s1. The second-order valence-corrected chi connectivity index (χ2v) is 5.30. The summed E-state index contributed by atoms with van der Waals surface area (Å²) in [6.07, 6.45) is 0.0485. The van der Waals surface area contributed by atoms with E-state index in [2.05, 4.69) is 10.0 Å². The number of benzene rings is 1. The first-order valence-corrected chi connectivity index (χ1v) is 6.51. The van der Waals surface area contributed by atoms with Crippen LogP contribution in [0.5, 0.6) is 0 Å². The summed E-state index contributed by atoms with van der Waals surface area (Å²) in [4.78, 5) is 2.61. The minimum atomic E-state index is -4.21. The largest absolute Gasteiger partial charge is 0.285 e. The second-order valence-electron chi connectivity index (χ2n) is 3.70. The van der Waals surface area contributed by atoms with E-state index < -0.39 is 21.4 Å². The molecule has 1 aromatic rings. The van der Waals surface area contributed by atoms with Crippen LogP contribution in [0.3, 0.4) is 0 Å². The molecule has 0 radical (unpaired) electrons. The lowest BCUT2D eigenvalue weighted by molar-refractivity contribution is 0.458. The Kier molecular flexibility index (Phi) is 4.51. The number of hydrogen-bond acceptors (Lipinski definition) is 3. The fourth-order valence-corrected chi connectivity index (χ4v) is 2.57. The van der Waals surface area contributed by atoms with Crippen molar-refractivity contribution in [3.05, 3.63) is 46.3 Å². The van der Waals surface area contributed by atoms with E-state index in [1.165, 1.54) is 0 Å². The van der Waals surface area contributed by atoms with Gasteiger partial charge in [-0.2, -0.15) is 8.42 Å². The van der Waals surface area contributed by atoms with Crippen molar-refractivity contribution in [2.75, 3.05) is 0 Å². The summed E-state index contributed by atoms with van der Waals surface area (Å²) >= 11 is 0. The first-order chi connectivity index (χ1) is 7.95. The van der Waals surface area contributed by atoms with Gasteiger partial charge in [0.2, 0.25) is 0 Å². The molecule has 0 saturated carbocycles. The molecule has 1 rings (SSSR count). The molecule has 0 unspecified atom stereocenters. The highest BCUT2D eigenvalue weighted by molar-refractivity contribution is 7.86. The zero-order valence-corrected chi connectivity index (χ0v) is 10.1. The summed E-state index contributed by atoms with van der Waals surface area (Å²) in [5.74, 6) is 0. The third kappa shape index (κ3) is 4.07. The third-order valence-corrected chi connectivity index (χ3v) is 3.52. The summed E-state index contributed by atoms with van der Waals surface area (Å²) in [5, 5.41) is 2.34. The van der Waals surface area contributed by atoms with Gasteiger partial charge in [0.25, 0.3) is 10.1 Å². The van der Waals surface area contributed by atoms with Crippen molar-refractivity contribution < 1.29 is 13.0 Å². The normalized spacial score (nSPS) is 14.7. The first kappa shape index (κ1) is 13.5. The van der Waals surface area contributed by atoms with E-state index in [0.717, 1.165) is 0 Å². The van der Waals surface area contributed by atoms with Crippen LogP contribution in [-0.4, -0.2) is 19.0 Å². The van der Waals surface area contributed by atoms with Gasteiger partial charge in [-0.3, -0.25) is 4.55 Å². The fraction of sp³-hybridized carbons (Fsp3) is 0.400. The zero-order chi connectivity index (χ0) is 12.9. The molecular formula is C10H13N3O3S. The average Bonchev–Trinajstić information content (AvgIpc) is 2.26. The average molecular weight is 255 g/mol. The van der Waals surface area contributed by atoms with Crippen LogP contribution in [0.15, 0.2) is 35.4 Å². The SMILES string of the molecule is C[C@@H](C[C@H](c1ccccc1)S(=O)(=O)O)N=[N+]=[N-]. The van der Waals surface area contributed by atoms with Gasteiger partial charge >= 0.3 is 0 Å². The second kappa shape index (κ2) is 5.67. The molecule has 0 aliphatic carbocycles. The van der Waals surface area contributed by atoms with Crippen LogP contribution >= 0.6 is 0 Å². The molecule has 1 aromatic carbocycles. The van der Waals surface area contributed by atoms with E-state index in [1.807, 2.05) is 0 Å². The lowest BCUT2D eigenvalue weighted by Gasteiger charge is -2.15. The number of nitrogens with zero attached hydrogens (tertiary/aromatic N) is 3. The number of hydrogen-bond donors (Lipinski definition) is 1. The highest BCUT2D eigenvalue weighted by Crippen LogP contribution is 2.27. The summed E-state index contributed by atoms with van der Waals surface area (Å²) in [7, 11) is -4.21. The lowest BCUT2D eigenvalue weighted by Crippen LogP contribution is -2.16. The maximum absolute atomic E-state index is 11.3. The van der Waals surface area contributed by atoms with Crippen molar-refractivity contribution in [2.45, 2.75) is 24.6 Å². The topological polar surface area (TPSA) is 103 Å². The van der Waals surface area contributed by atoms with Crippen molar-refractivity contribution in [2.24, 2.45) is 5.11 Å². The van der Waals surface area contributed by atoms with E-state index in [4.69, 9.17) is 5.53 Å². The minimum absolute atomic E-state index is 0.0485. The smallest absolute Gasteiger partial charge is 0.271 e. The highest BCUT2D eigenvalue weighted by atomic mass is 32.2. The van der Waals surface area contributed by atoms with Crippen molar-refractivity contribution in [1.82, 2.24) is 0 Å². The maximum atomic E-state index is 11.3. The Bertz CT molecular complexity index is 509. The van der Waals surface area contributed by atoms with Crippen LogP contribution in [0.25, 0.3) is 10.4 Å². The van der Waals surface area contributed by atoms with Gasteiger partial charge in [0.05, 0.1) is 0 Å². The highest BCUT2D eigenvalue weighted by Gasteiger charge is 2.26. The first-order valence-electron chi connectivity index (χ1n) is 5.00. The monoisotopic (exact) mass is 255 g/mol. The molecule has 0 aromatic heterocycles. The predicted molar refractivity (Wildman–Crippen MR) is 64.0 cm³/mol. The Hall–Kier alpha value is -1.56. The molecule has 0 aliphatic rings. The molecule has 17 heavy (non-hydrogen) atoms. The molecule has 7 heteroatoms. The molecule has 6 nitrogen and oxygen atoms in total. The van der Waals surface area contributed by atoms with Crippen molar-refractivity contribution >= 4 is 10.1 Å². The van der Waals surface area contributed by atoms with Crippen molar-refractivity contribution in [3.8, 4) is 0 Å². The molecule has 92 valence electrons. The van der Waals surface area contributed by atoms with Crippen LogP contribution in [-0.2, 0) is 10.1 Å². The Morgan fingerprint density at radius 1 is 1.41 bits per heavy atom. The van der Waals surface area contributed by atoms with Gasteiger partial charge in [-0.15, -0.1) is 0 Å². The Labute approximate surface area is 99.7 Å². The number of azide groups is 1. The molecule has 0 bridgehead atoms. The summed E-state index contributed by atoms with van der Waals surface area (Å²) < 4.78 is 31.8. The molecule has 0 spiro atoms. The summed E-state index contributed by atoms with van der Waals surface area (Å²) in [5.41, 5.74) is 8.75. The van der Waals surface area contributed by atoms with Gasteiger partial charge in [0.15, 0.2) is 0 Å². The van der Waals surface area contributed by atoms with Gasteiger partial charge in [0.1, 0.15) is 5.25 Å². The van der Waals surface area contributed by atoms with Gasteiger partial charge in [0, 0.05) is 11.0 Å². The van der Waals surface area contributed by atoms with E-state index in [-0.39, 0.29) is 6.42 Å². The van der Waals surface area contributed by atoms with Crippen LogP contribution in [0, 0.1) is 0 Å². The van der Waals surface area contributed by atoms with Gasteiger partial charge in [-0.1, -0.05) is 42.4 Å². The van der Waals surface area contributed by atoms with E-state index in [0.29, 0.717) is 5.56 Å². The molecule has 0 amide bonds.